The molecular formula is C18H24N2O2. The molecule has 0 saturated carbocycles. The standard InChI is InChI=1S/C18H24N2O2/c1-6-22-17-15(11-12(2)3)19-20(5)18(21)16(17)14-10-8-7-9-13(14)4/h7-10,12H,6,11H2,1-5H3. The Morgan fingerprint density at radius 1 is 1.27 bits per heavy atom. The van der Waals surface area contributed by atoms with E-state index in [0.29, 0.717) is 23.8 Å². The van der Waals surface area contributed by atoms with Crippen molar-refractivity contribution < 1.29 is 4.74 Å². The van der Waals surface area contributed by atoms with Crippen LogP contribution < -0.4 is 10.3 Å². The number of nitrogens with zero attached hydrogens (tertiary/aromatic N) is 2. The van der Waals surface area contributed by atoms with Crippen LogP contribution in [0.3, 0.4) is 0 Å². The highest BCUT2D eigenvalue weighted by Crippen LogP contribution is 2.32. The van der Waals surface area contributed by atoms with Gasteiger partial charge in [0.2, 0.25) is 0 Å². The normalized spacial score (nSPS) is 11.0. The predicted octanol–water partition coefficient (Wildman–Crippen LogP) is 3.35. The Hall–Kier alpha value is -2.10. The minimum absolute atomic E-state index is 0.120. The van der Waals surface area contributed by atoms with Crippen molar-refractivity contribution >= 4 is 0 Å². The summed E-state index contributed by atoms with van der Waals surface area (Å²) in [6.45, 7) is 8.72. The lowest BCUT2D eigenvalue weighted by Crippen LogP contribution is -2.25. The van der Waals surface area contributed by atoms with Gasteiger partial charge in [-0.15, -0.1) is 0 Å². The van der Waals surface area contributed by atoms with Gasteiger partial charge in [0.25, 0.3) is 5.56 Å². The fourth-order valence-corrected chi connectivity index (χ4v) is 2.59. The topological polar surface area (TPSA) is 44.1 Å². The maximum atomic E-state index is 12.7. The van der Waals surface area contributed by atoms with Crippen LogP contribution in [0.25, 0.3) is 11.1 Å². The number of rotatable bonds is 5. The van der Waals surface area contributed by atoms with E-state index in [-0.39, 0.29) is 5.56 Å². The Bertz CT molecular complexity index is 718. The van der Waals surface area contributed by atoms with Gasteiger partial charge < -0.3 is 4.74 Å². The lowest BCUT2D eigenvalue weighted by atomic mass is 9.98. The molecule has 0 unspecified atom stereocenters. The molecule has 0 atom stereocenters. The second-order valence-electron chi connectivity index (χ2n) is 5.93. The van der Waals surface area contributed by atoms with Crippen LogP contribution in [-0.2, 0) is 13.5 Å². The summed E-state index contributed by atoms with van der Waals surface area (Å²) in [5.41, 5.74) is 3.32. The predicted molar refractivity (Wildman–Crippen MR) is 89.4 cm³/mol. The highest BCUT2D eigenvalue weighted by Gasteiger charge is 2.20. The number of hydrogen-bond donors (Lipinski definition) is 0. The third-order valence-corrected chi connectivity index (χ3v) is 3.57. The van der Waals surface area contributed by atoms with Crippen molar-refractivity contribution in [3.63, 3.8) is 0 Å². The summed E-state index contributed by atoms with van der Waals surface area (Å²) in [4.78, 5) is 12.7. The Labute approximate surface area is 131 Å². The van der Waals surface area contributed by atoms with E-state index in [1.807, 2.05) is 38.1 Å². The molecule has 22 heavy (non-hydrogen) atoms. The number of aromatic nitrogens is 2. The van der Waals surface area contributed by atoms with Crippen LogP contribution in [0.5, 0.6) is 5.75 Å². The summed E-state index contributed by atoms with van der Waals surface area (Å²) in [6, 6.07) is 7.89. The van der Waals surface area contributed by atoms with Crippen molar-refractivity contribution in [1.29, 1.82) is 0 Å². The second kappa shape index (κ2) is 6.77. The maximum Gasteiger partial charge on any atom is 0.278 e. The van der Waals surface area contributed by atoms with E-state index in [4.69, 9.17) is 4.74 Å². The first kappa shape index (κ1) is 16.3. The molecular weight excluding hydrogens is 276 g/mol. The van der Waals surface area contributed by atoms with E-state index < -0.39 is 0 Å². The molecule has 0 bridgehead atoms. The number of ether oxygens (including phenoxy) is 1. The van der Waals surface area contributed by atoms with Crippen LogP contribution in [0.2, 0.25) is 0 Å². The molecule has 2 aromatic rings. The number of benzene rings is 1. The van der Waals surface area contributed by atoms with Crippen LogP contribution in [0.15, 0.2) is 29.1 Å². The molecule has 118 valence electrons. The van der Waals surface area contributed by atoms with Crippen LogP contribution in [-0.4, -0.2) is 16.4 Å². The van der Waals surface area contributed by atoms with Gasteiger partial charge >= 0.3 is 0 Å². The first-order valence-electron chi connectivity index (χ1n) is 7.74. The lowest BCUT2D eigenvalue weighted by molar-refractivity contribution is 0.330. The van der Waals surface area contributed by atoms with Crippen LogP contribution in [0, 0.1) is 12.8 Å². The fraction of sp³-hybridized carbons (Fsp3) is 0.444. The SMILES string of the molecule is CCOc1c(CC(C)C)nn(C)c(=O)c1-c1ccccc1C. The average molecular weight is 300 g/mol. The summed E-state index contributed by atoms with van der Waals surface area (Å²) in [7, 11) is 1.70. The van der Waals surface area contributed by atoms with Gasteiger partial charge in [0, 0.05) is 7.05 Å². The van der Waals surface area contributed by atoms with E-state index >= 15 is 0 Å². The summed E-state index contributed by atoms with van der Waals surface area (Å²) in [5.74, 6) is 1.07. The second-order valence-corrected chi connectivity index (χ2v) is 5.93. The zero-order valence-corrected chi connectivity index (χ0v) is 14.0. The molecule has 0 spiro atoms. The van der Waals surface area contributed by atoms with Gasteiger partial charge in [-0.2, -0.15) is 5.10 Å². The van der Waals surface area contributed by atoms with Crippen LogP contribution in [0.4, 0.5) is 0 Å². The molecule has 0 N–H and O–H groups in total. The lowest BCUT2D eigenvalue weighted by Gasteiger charge is -2.17. The molecule has 0 aliphatic carbocycles. The molecule has 0 aliphatic heterocycles. The van der Waals surface area contributed by atoms with Crippen molar-refractivity contribution in [3.8, 4) is 16.9 Å². The molecule has 4 heteroatoms. The summed E-state index contributed by atoms with van der Waals surface area (Å²) in [6.07, 6.45) is 0.780. The third-order valence-electron chi connectivity index (χ3n) is 3.57. The summed E-state index contributed by atoms with van der Waals surface area (Å²) < 4.78 is 7.26. The number of hydrogen-bond acceptors (Lipinski definition) is 3. The molecule has 0 aliphatic rings. The zero-order valence-electron chi connectivity index (χ0n) is 14.0. The summed E-state index contributed by atoms with van der Waals surface area (Å²) in [5, 5.41) is 4.43. The van der Waals surface area contributed by atoms with Crippen molar-refractivity contribution in [2.75, 3.05) is 6.61 Å². The Kier molecular flexibility index (Phi) is 5.01. The molecule has 0 saturated heterocycles. The Morgan fingerprint density at radius 2 is 1.95 bits per heavy atom. The third kappa shape index (κ3) is 3.21. The van der Waals surface area contributed by atoms with Gasteiger partial charge in [0.15, 0.2) is 5.75 Å². The van der Waals surface area contributed by atoms with E-state index in [1.54, 1.807) is 7.05 Å². The molecule has 2 rings (SSSR count). The van der Waals surface area contributed by atoms with Crippen LogP contribution >= 0.6 is 0 Å². The van der Waals surface area contributed by atoms with E-state index in [1.165, 1.54) is 4.68 Å². The summed E-state index contributed by atoms with van der Waals surface area (Å²) >= 11 is 0. The fourth-order valence-electron chi connectivity index (χ4n) is 2.59. The molecule has 4 nitrogen and oxygen atoms in total. The number of aryl methyl sites for hydroxylation is 2. The molecule has 0 fully saturated rings. The first-order chi connectivity index (χ1) is 10.5. The van der Waals surface area contributed by atoms with Crippen molar-refractivity contribution in [3.05, 3.63) is 45.9 Å². The van der Waals surface area contributed by atoms with Gasteiger partial charge in [0.05, 0.1) is 12.2 Å². The highest BCUT2D eigenvalue weighted by atomic mass is 16.5. The van der Waals surface area contributed by atoms with Gasteiger partial charge in [-0.1, -0.05) is 38.1 Å². The molecule has 0 amide bonds. The molecule has 0 radical (unpaired) electrons. The van der Waals surface area contributed by atoms with Crippen molar-refractivity contribution in [1.82, 2.24) is 9.78 Å². The van der Waals surface area contributed by atoms with Gasteiger partial charge in [-0.3, -0.25) is 4.79 Å². The van der Waals surface area contributed by atoms with Crippen molar-refractivity contribution in [2.45, 2.75) is 34.1 Å². The maximum absolute atomic E-state index is 12.7. The van der Waals surface area contributed by atoms with Gasteiger partial charge in [0.1, 0.15) is 5.69 Å². The zero-order chi connectivity index (χ0) is 16.3. The minimum Gasteiger partial charge on any atom is -0.491 e. The smallest absolute Gasteiger partial charge is 0.278 e. The Morgan fingerprint density at radius 3 is 2.55 bits per heavy atom. The molecule has 1 heterocycles. The van der Waals surface area contributed by atoms with E-state index in [0.717, 1.165) is 23.2 Å². The first-order valence-corrected chi connectivity index (χ1v) is 7.74. The average Bonchev–Trinajstić information content (AvgIpc) is 2.45. The molecule has 1 aromatic carbocycles. The monoisotopic (exact) mass is 300 g/mol. The largest absolute Gasteiger partial charge is 0.491 e. The van der Waals surface area contributed by atoms with E-state index in [2.05, 4.69) is 18.9 Å². The van der Waals surface area contributed by atoms with Crippen molar-refractivity contribution in [2.24, 2.45) is 13.0 Å². The van der Waals surface area contributed by atoms with Gasteiger partial charge in [-0.25, -0.2) is 4.68 Å². The quantitative estimate of drug-likeness (QED) is 0.850. The van der Waals surface area contributed by atoms with Crippen LogP contribution in [0.1, 0.15) is 32.0 Å². The Balaban J connectivity index is 2.77. The highest BCUT2D eigenvalue weighted by molar-refractivity contribution is 5.73. The van der Waals surface area contributed by atoms with Gasteiger partial charge in [-0.05, 0) is 37.3 Å². The minimum atomic E-state index is -0.120. The molecule has 1 aromatic heterocycles. The van der Waals surface area contributed by atoms with E-state index in [9.17, 15) is 4.79 Å².